The Kier molecular flexibility index (Phi) is 3.40. The zero-order valence-corrected chi connectivity index (χ0v) is 10.6. The third-order valence-corrected chi connectivity index (χ3v) is 2.98. The lowest BCUT2D eigenvalue weighted by atomic mass is 10.1. The summed E-state index contributed by atoms with van der Waals surface area (Å²) in [4.78, 5) is 0. The zero-order valence-electron chi connectivity index (χ0n) is 10.6. The van der Waals surface area contributed by atoms with Gasteiger partial charge in [-0.05, 0) is 18.6 Å². The van der Waals surface area contributed by atoms with Crippen LogP contribution < -0.4 is 5.73 Å². The fourth-order valence-electron chi connectivity index (χ4n) is 1.85. The Morgan fingerprint density at radius 1 is 1.35 bits per heavy atom. The number of rotatable bonds is 2. The van der Waals surface area contributed by atoms with Gasteiger partial charge in [-0.3, -0.25) is 4.68 Å². The van der Waals surface area contributed by atoms with Crippen molar-refractivity contribution in [1.82, 2.24) is 9.78 Å². The molecular weight excluding hydrogens is 269 g/mol. The third-order valence-electron chi connectivity index (χ3n) is 2.98. The second-order valence-electron chi connectivity index (χ2n) is 4.27. The highest BCUT2D eigenvalue weighted by Crippen LogP contribution is 2.34. The zero-order chi connectivity index (χ0) is 14.9. The summed E-state index contributed by atoms with van der Waals surface area (Å²) in [6, 6.07) is 8.66. The Labute approximate surface area is 113 Å². The molecule has 1 aromatic heterocycles. The van der Waals surface area contributed by atoms with Crippen molar-refractivity contribution in [1.29, 1.82) is 5.26 Å². The van der Waals surface area contributed by atoms with Crippen LogP contribution >= 0.6 is 0 Å². The largest absolute Gasteiger partial charge is 0.437 e. The van der Waals surface area contributed by atoms with E-state index in [2.05, 4.69) is 5.10 Å². The number of halogens is 3. The molecule has 0 unspecified atom stereocenters. The van der Waals surface area contributed by atoms with Crippen molar-refractivity contribution in [3.8, 4) is 6.07 Å². The highest BCUT2D eigenvalue weighted by atomic mass is 19.4. The van der Waals surface area contributed by atoms with Crippen LogP contribution in [0.4, 0.5) is 18.9 Å². The maximum atomic E-state index is 12.7. The Balaban J connectivity index is 2.43. The summed E-state index contributed by atoms with van der Waals surface area (Å²) in [6.45, 7) is 1.53. The van der Waals surface area contributed by atoms with Crippen molar-refractivity contribution < 1.29 is 13.2 Å². The van der Waals surface area contributed by atoms with Crippen LogP contribution in [0.25, 0.3) is 0 Å². The van der Waals surface area contributed by atoms with E-state index in [0.29, 0.717) is 11.1 Å². The van der Waals surface area contributed by atoms with Crippen LogP contribution in [0.15, 0.2) is 24.3 Å². The second-order valence-corrected chi connectivity index (χ2v) is 4.27. The van der Waals surface area contributed by atoms with Crippen molar-refractivity contribution in [2.45, 2.75) is 19.6 Å². The van der Waals surface area contributed by atoms with Crippen molar-refractivity contribution in [2.24, 2.45) is 0 Å². The minimum atomic E-state index is -4.59. The van der Waals surface area contributed by atoms with Gasteiger partial charge in [-0.2, -0.15) is 23.5 Å². The van der Waals surface area contributed by atoms with Gasteiger partial charge < -0.3 is 5.73 Å². The molecule has 0 amide bonds. The molecule has 2 rings (SSSR count). The number of hydrogen-bond donors (Lipinski definition) is 1. The second kappa shape index (κ2) is 4.89. The fraction of sp³-hybridized carbons (Fsp3) is 0.231. The van der Waals surface area contributed by atoms with Crippen LogP contribution in [0.5, 0.6) is 0 Å². The van der Waals surface area contributed by atoms with E-state index in [1.807, 2.05) is 6.07 Å². The normalized spacial score (nSPS) is 11.3. The van der Waals surface area contributed by atoms with Gasteiger partial charge in [0.1, 0.15) is 0 Å². The van der Waals surface area contributed by atoms with Crippen molar-refractivity contribution >= 4 is 5.69 Å². The Hall–Kier alpha value is -2.49. The van der Waals surface area contributed by atoms with Gasteiger partial charge in [0, 0.05) is 0 Å². The first-order chi connectivity index (χ1) is 9.34. The van der Waals surface area contributed by atoms with Gasteiger partial charge in [-0.25, -0.2) is 0 Å². The Morgan fingerprint density at radius 2 is 2.00 bits per heavy atom. The van der Waals surface area contributed by atoms with Gasteiger partial charge in [0.15, 0.2) is 5.69 Å². The van der Waals surface area contributed by atoms with Crippen molar-refractivity contribution in [2.75, 3.05) is 5.73 Å². The van der Waals surface area contributed by atoms with E-state index < -0.39 is 11.9 Å². The highest BCUT2D eigenvalue weighted by molar-refractivity contribution is 5.49. The summed E-state index contributed by atoms with van der Waals surface area (Å²) in [7, 11) is 0. The molecule has 104 valence electrons. The van der Waals surface area contributed by atoms with Gasteiger partial charge in [-0.15, -0.1) is 0 Å². The summed E-state index contributed by atoms with van der Waals surface area (Å²) < 4.78 is 39.3. The average molecular weight is 280 g/mol. The van der Waals surface area contributed by atoms with Crippen molar-refractivity contribution in [3.05, 3.63) is 46.8 Å². The third kappa shape index (κ3) is 2.45. The summed E-state index contributed by atoms with van der Waals surface area (Å²) in [5.74, 6) is 0. The van der Waals surface area contributed by atoms with E-state index in [1.54, 1.807) is 24.3 Å². The first-order valence-electron chi connectivity index (χ1n) is 5.72. The minimum absolute atomic E-state index is 0.0653. The summed E-state index contributed by atoms with van der Waals surface area (Å²) in [5.41, 5.74) is 5.19. The van der Waals surface area contributed by atoms with Gasteiger partial charge in [-0.1, -0.05) is 18.2 Å². The van der Waals surface area contributed by atoms with Gasteiger partial charge in [0.2, 0.25) is 0 Å². The maximum Gasteiger partial charge on any atom is 0.437 e. The minimum Gasteiger partial charge on any atom is -0.395 e. The molecular formula is C13H11F3N4. The number of nitrogens with two attached hydrogens (primary N) is 1. The van der Waals surface area contributed by atoms with Crippen LogP contribution in [0.2, 0.25) is 0 Å². The van der Waals surface area contributed by atoms with Crippen LogP contribution in [0, 0.1) is 18.3 Å². The summed E-state index contributed by atoms with van der Waals surface area (Å²) in [6.07, 6.45) is -4.59. The lowest BCUT2D eigenvalue weighted by Gasteiger charge is -2.06. The molecule has 7 heteroatoms. The van der Waals surface area contributed by atoms with Gasteiger partial charge in [0.25, 0.3) is 0 Å². The predicted molar refractivity (Wildman–Crippen MR) is 66.6 cm³/mol. The van der Waals surface area contributed by atoms with E-state index >= 15 is 0 Å². The van der Waals surface area contributed by atoms with E-state index in [0.717, 1.165) is 4.68 Å². The molecule has 1 heterocycles. The number of benzene rings is 1. The molecule has 0 saturated heterocycles. The molecule has 0 spiro atoms. The first-order valence-corrected chi connectivity index (χ1v) is 5.72. The van der Waals surface area contributed by atoms with Gasteiger partial charge >= 0.3 is 6.18 Å². The highest BCUT2D eigenvalue weighted by Gasteiger charge is 2.37. The monoisotopic (exact) mass is 280 g/mol. The molecule has 0 radical (unpaired) electrons. The van der Waals surface area contributed by atoms with Crippen molar-refractivity contribution in [3.63, 3.8) is 0 Å². The quantitative estimate of drug-likeness (QED) is 0.919. The van der Waals surface area contributed by atoms with E-state index in [9.17, 15) is 13.2 Å². The number of hydrogen-bond acceptors (Lipinski definition) is 3. The standard InChI is InChI=1S/C13H11F3N4/c1-8-11(18)12(13(14,15)16)19-20(8)7-10-5-3-2-4-9(10)6-17/h2-5H,7,18H2,1H3. The molecule has 2 aromatic rings. The molecule has 0 bridgehead atoms. The molecule has 2 N–H and O–H groups in total. The number of nitriles is 1. The van der Waals surface area contributed by atoms with E-state index in [1.165, 1.54) is 6.92 Å². The molecule has 4 nitrogen and oxygen atoms in total. The van der Waals surface area contributed by atoms with Crippen LogP contribution in [-0.4, -0.2) is 9.78 Å². The summed E-state index contributed by atoms with van der Waals surface area (Å²) in [5, 5.41) is 12.5. The molecule has 0 fully saturated rings. The smallest absolute Gasteiger partial charge is 0.395 e. The lowest BCUT2D eigenvalue weighted by molar-refractivity contribution is -0.140. The number of alkyl halides is 3. The molecule has 1 aromatic carbocycles. The SMILES string of the molecule is Cc1c(N)c(C(F)(F)F)nn1Cc1ccccc1C#N. The number of nitrogens with zero attached hydrogens (tertiary/aromatic N) is 3. The Bertz CT molecular complexity index is 680. The number of nitrogen functional groups attached to an aromatic ring is 1. The van der Waals surface area contributed by atoms with E-state index in [-0.39, 0.29) is 17.9 Å². The first kappa shape index (κ1) is 13.9. The fourth-order valence-corrected chi connectivity index (χ4v) is 1.85. The number of anilines is 1. The average Bonchev–Trinajstić information content (AvgIpc) is 2.67. The maximum absolute atomic E-state index is 12.7. The molecule has 20 heavy (non-hydrogen) atoms. The molecule has 0 aliphatic carbocycles. The topological polar surface area (TPSA) is 67.6 Å². The molecule has 0 atom stereocenters. The van der Waals surface area contributed by atoms with Crippen LogP contribution in [0.3, 0.4) is 0 Å². The Morgan fingerprint density at radius 3 is 2.55 bits per heavy atom. The lowest BCUT2D eigenvalue weighted by Crippen LogP contribution is -2.10. The molecule has 0 saturated carbocycles. The summed E-state index contributed by atoms with van der Waals surface area (Å²) >= 11 is 0. The molecule has 0 aliphatic heterocycles. The van der Waals surface area contributed by atoms with Crippen LogP contribution in [-0.2, 0) is 12.7 Å². The van der Waals surface area contributed by atoms with Gasteiger partial charge in [0.05, 0.1) is 29.6 Å². The predicted octanol–water partition coefficient (Wildman–Crippen LogP) is 2.71. The van der Waals surface area contributed by atoms with E-state index in [4.69, 9.17) is 11.0 Å². The number of aromatic nitrogens is 2. The van der Waals surface area contributed by atoms with Crippen LogP contribution in [0.1, 0.15) is 22.5 Å². The molecule has 0 aliphatic rings.